The van der Waals surface area contributed by atoms with Gasteiger partial charge in [-0.2, -0.15) is 0 Å². The van der Waals surface area contributed by atoms with Crippen molar-refractivity contribution in [3.8, 4) is 0 Å². The maximum absolute atomic E-state index is 12.0. The summed E-state index contributed by atoms with van der Waals surface area (Å²) in [5.41, 5.74) is 5.89. The first-order valence-corrected chi connectivity index (χ1v) is 9.40. The van der Waals surface area contributed by atoms with Gasteiger partial charge in [0.05, 0.1) is 5.75 Å². The molecule has 0 bridgehead atoms. The van der Waals surface area contributed by atoms with Gasteiger partial charge in [0.15, 0.2) is 0 Å². The Morgan fingerprint density at radius 2 is 1.90 bits per heavy atom. The first-order chi connectivity index (χ1) is 9.76. The maximum Gasteiger partial charge on any atom is 0.221 e. The Bertz CT molecular complexity index is 429. The molecule has 1 saturated heterocycles. The van der Waals surface area contributed by atoms with Crippen LogP contribution >= 0.6 is 0 Å². The van der Waals surface area contributed by atoms with Crippen molar-refractivity contribution in [2.45, 2.75) is 58.5 Å². The SMILES string of the molecule is CCCS(=O)(=O)N1CCC(NC(=O)CC(N)C(C)C)CC1. The molecule has 0 aromatic heterocycles. The van der Waals surface area contributed by atoms with E-state index in [2.05, 4.69) is 5.32 Å². The summed E-state index contributed by atoms with van der Waals surface area (Å²) in [6, 6.07) is -0.0695. The molecule has 3 N–H and O–H groups in total. The Hall–Kier alpha value is -0.660. The number of amides is 1. The van der Waals surface area contributed by atoms with Gasteiger partial charge in [-0.15, -0.1) is 0 Å². The molecule has 1 aliphatic rings. The number of carbonyl (C=O) groups is 1. The van der Waals surface area contributed by atoms with Crippen LogP contribution in [0.5, 0.6) is 0 Å². The Morgan fingerprint density at radius 1 is 1.33 bits per heavy atom. The number of carbonyl (C=O) groups excluding carboxylic acids is 1. The van der Waals surface area contributed by atoms with Gasteiger partial charge in [0, 0.05) is 31.6 Å². The standard InChI is InChI=1S/C14H29N3O3S/c1-4-9-21(19,20)17-7-5-12(6-8-17)16-14(18)10-13(15)11(2)3/h11-13H,4-10,15H2,1-3H3,(H,16,18). The fourth-order valence-electron chi connectivity index (χ4n) is 2.40. The van der Waals surface area contributed by atoms with Crippen LogP contribution < -0.4 is 11.1 Å². The highest BCUT2D eigenvalue weighted by molar-refractivity contribution is 7.89. The van der Waals surface area contributed by atoms with Gasteiger partial charge in [-0.1, -0.05) is 20.8 Å². The quantitative estimate of drug-likeness (QED) is 0.722. The monoisotopic (exact) mass is 319 g/mol. The molecule has 0 aromatic rings. The van der Waals surface area contributed by atoms with Crippen molar-refractivity contribution in [1.82, 2.24) is 9.62 Å². The first-order valence-electron chi connectivity index (χ1n) is 7.79. The molecule has 0 aromatic carbocycles. The number of rotatable bonds is 7. The third-order valence-corrected chi connectivity index (χ3v) is 6.03. The van der Waals surface area contributed by atoms with Crippen LogP contribution in [-0.2, 0) is 14.8 Å². The molecule has 1 atom stereocenters. The van der Waals surface area contributed by atoms with Gasteiger partial charge in [-0.25, -0.2) is 12.7 Å². The minimum Gasteiger partial charge on any atom is -0.353 e. The number of sulfonamides is 1. The van der Waals surface area contributed by atoms with E-state index in [1.807, 2.05) is 20.8 Å². The number of piperidine rings is 1. The lowest BCUT2D eigenvalue weighted by Gasteiger charge is -2.31. The van der Waals surface area contributed by atoms with Crippen molar-refractivity contribution in [3.05, 3.63) is 0 Å². The fourth-order valence-corrected chi connectivity index (χ4v) is 3.94. The molecule has 124 valence electrons. The van der Waals surface area contributed by atoms with Crippen molar-refractivity contribution < 1.29 is 13.2 Å². The maximum atomic E-state index is 12.0. The van der Waals surface area contributed by atoms with Crippen LogP contribution in [0.25, 0.3) is 0 Å². The average Bonchev–Trinajstić information content (AvgIpc) is 2.38. The zero-order valence-corrected chi connectivity index (χ0v) is 14.2. The van der Waals surface area contributed by atoms with Crippen LogP contribution in [0.15, 0.2) is 0 Å². The van der Waals surface area contributed by atoms with Crippen LogP contribution in [0.2, 0.25) is 0 Å². The summed E-state index contributed by atoms with van der Waals surface area (Å²) >= 11 is 0. The van der Waals surface area contributed by atoms with E-state index < -0.39 is 10.0 Å². The van der Waals surface area contributed by atoms with E-state index >= 15 is 0 Å². The number of nitrogens with zero attached hydrogens (tertiary/aromatic N) is 1. The Balaban J connectivity index is 2.38. The summed E-state index contributed by atoms with van der Waals surface area (Å²) in [6.45, 7) is 6.83. The molecule has 1 aliphatic heterocycles. The molecular formula is C14H29N3O3S. The third-order valence-electron chi connectivity index (χ3n) is 3.95. The summed E-state index contributed by atoms with van der Waals surface area (Å²) < 4.78 is 25.5. The highest BCUT2D eigenvalue weighted by Crippen LogP contribution is 2.15. The molecule has 21 heavy (non-hydrogen) atoms. The highest BCUT2D eigenvalue weighted by Gasteiger charge is 2.28. The van der Waals surface area contributed by atoms with Crippen LogP contribution in [0, 0.1) is 5.92 Å². The minimum absolute atomic E-state index is 0.0361. The lowest BCUT2D eigenvalue weighted by atomic mass is 10.0. The van der Waals surface area contributed by atoms with Crippen molar-refractivity contribution >= 4 is 15.9 Å². The zero-order chi connectivity index (χ0) is 16.0. The Morgan fingerprint density at radius 3 is 2.38 bits per heavy atom. The lowest BCUT2D eigenvalue weighted by Crippen LogP contribution is -2.48. The number of hydrogen-bond donors (Lipinski definition) is 2. The molecule has 7 heteroatoms. The van der Waals surface area contributed by atoms with E-state index in [1.165, 1.54) is 0 Å². The first kappa shape index (κ1) is 18.4. The summed E-state index contributed by atoms with van der Waals surface area (Å²) in [4.78, 5) is 11.9. The normalized spacial score (nSPS) is 19.7. The van der Waals surface area contributed by atoms with Crippen molar-refractivity contribution in [3.63, 3.8) is 0 Å². The Kier molecular flexibility index (Phi) is 7.09. The smallest absolute Gasteiger partial charge is 0.221 e. The van der Waals surface area contributed by atoms with Crippen LogP contribution in [0.4, 0.5) is 0 Å². The summed E-state index contributed by atoms with van der Waals surface area (Å²) in [7, 11) is -3.11. The molecule has 1 unspecified atom stereocenters. The second-order valence-electron chi connectivity index (χ2n) is 6.17. The van der Waals surface area contributed by atoms with E-state index in [4.69, 9.17) is 5.73 Å². The number of nitrogens with two attached hydrogens (primary N) is 1. The predicted molar refractivity (Wildman–Crippen MR) is 84.2 cm³/mol. The highest BCUT2D eigenvalue weighted by atomic mass is 32.2. The van der Waals surface area contributed by atoms with Crippen molar-refractivity contribution in [1.29, 1.82) is 0 Å². The molecule has 1 amide bonds. The van der Waals surface area contributed by atoms with Gasteiger partial charge >= 0.3 is 0 Å². The van der Waals surface area contributed by atoms with Crippen LogP contribution in [0.3, 0.4) is 0 Å². The molecule has 0 aliphatic carbocycles. The fraction of sp³-hybridized carbons (Fsp3) is 0.929. The van der Waals surface area contributed by atoms with Crippen molar-refractivity contribution in [2.24, 2.45) is 11.7 Å². The molecule has 1 rings (SSSR count). The van der Waals surface area contributed by atoms with Gasteiger partial charge in [-0.05, 0) is 25.2 Å². The summed E-state index contributed by atoms with van der Waals surface area (Å²) in [5, 5.41) is 2.97. The predicted octanol–water partition coefficient (Wildman–Crippen LogP) is 0.680. The summed E-state index contributed by atoms with van der Waals surface area (Å²) in [5.74, 6) is 0.440. The average molecular weight is 319 g/mol. The lowest BCUT2D eigenvalue weighted by molar-refractivity contribution is -0.122. The van der Waals surface area contributed by atoms with Crippen molar-refractivity contribution in [2.75, 3.05) is 18.8 Å². The molecule has 0 radical (unpaired) electrons. The largest absolute Gasteiger partial charge is 0.353 e. The molecule has 0 saturated carbocycles. The Labute approximate surface area is 128 Å². The molecule has 1 fully saturated rings. The number of hydrogen-bond acceptors (Lipinski definition) is 4. The molecule has 1 heterocycles. The van der Waals surface area contributed by atoms with Gasteiger partial charge in [-0.3, -0.25) is 4.79 Å². The molecular weight excluding hydrogens is 290 g/mol. The molecule has 0 spiro atoms. The minimum atomic E-state index is -3.11. The number of nitrogens with one attached hydrogen (secondary N) is 1. The van der Waals surface area contributed by atoms with Gasteiger partial charge < -0.3 is 11.1 Å². The van der Waals surface area contributed by atoms with E-state index in [9.17, 15) is 13.2 Å². The van der Waals surface area contributed by atoms with Crippen LogP contribution in [-0.4, -0.2) is 49.6 Å². The van der Waals surface area contributed by atoms with E-state index in [-0.39, 0.29) is 29.7 Å². The summed E-state index contributed by atoms with van der Waals surface area (Å²) in [6.07, 6.45) is 2.30. The van der Waals surface area contributed by atoms with Gasteiger partial charge in [0.1, 0.15) is 0 Å². The van der Waals surface area contributed by atoms with Gasteiger partial charge in [0.2, 0.25) is 15.9 Å². The zero-order valence-electron chi connectivity index (χ0n) is 13.3. The van der Waals surface area contributed by atoms with E-state index in [0.717, 1.165) is 0 Å². The third kappa shape index (κ3) is 5.92. The van der Waals surface area contributed by atoms with Gasteiger partial charge in [0.25, 0.3) is 0 Å². The second-order valence-corrected chi connectivity index (χ2v) is 8.26. The van der Waals surface area contributed by atoms with Crippen LogP contribution in [0.1, 0.15) is 46.5 Å². The molecule has 6 nitrogen and oxygen atoms in total. The second kappa shape index (κ2) is 8.10. The van der Waals surface area contributed by atoms with E-state index in [1.54, 1.807) is 4.31 Å². The topological polar surface area (TPSA) is 92.5 Å². The van der Waals surface area contributed by atoms with E-state index in [0.29, 0.717) is 38.8 Å².